The van der Waals surface area contributed by atoms with E-state index in [9.17, 15) is 21.2 Å². The van der Waals surface area contributed by atoms with Crippen LogP contribution in [0.2, 0.25) is 0 Å². The molecular weight excluding hydrogens is 307 g/mol. The summed E-state index contributed by atoms with van der Waals surface area (Å²) in [5, 5.41) is 0. The minimum Gasteiger partial charge on any atom is -0.396 e. The van der Waals surface area contributed by atoms with E-state index in [-0.39, 0.29) is 34.2 Å². The molecule has 0 spiro atoms. The van der Waals surface area contributed by atoms with Crippen LogP contribution in [0.15, 0.2) is 17.0 Å². The van der Waals surface area contributed by atoms with Crippen molar-refractivity contribution < 1.29 is 21.2 Å². The summed E-state index contributed by atoms with van der Waals surface area (Å²) < 4.78 is 61.9. The van der Waals surface area contributed by atoms with Gasteiger partial charge < -0.3 is 5.73 Å². The fourth-order valence-electron chi connectivity index (χ4n) is 1.48. The van der Waals surface area contributed by atoms with Crippen LogP contribution in [0.1, 0.15) is 12.5 Å². The maximum absolute atomic E-state index is 13.3. The fraction of sp³-hybridized carbons (Fsp3) is 0.455. The van der Waals surface area contributed by atoms with Gasteiger partial charge in [0.1, 0.15) is 5.82 Å². The SMILES string of the molecule is CCS(=O)(=O)CCNS(=O)(=O)c1cc(C)c(F)c(N)c1. The molecule has 0 aromatic heterocycles. The van der Waals surface area contributed by atoms with Crippen molar-refractivity contribution in [3.8, 4) is 0 Å². The molecule has 0 radical (unpaired) electrons. The first-order valence-corrected chi connectivity index (χ1v) is 9.15. The topological polar surface area (TPSA) is 106 Å². The van der Waals surface area contributed by atoms with Gasteiger partial charge in [0.05, 0.1) is 16.3 Å². The number of nitrogen functional groups attached to an aromatic ring is 1. The van der Waals surface area contributed by atoms with Crippen LogP contribution in [-0.2, 0) is 19.9 Å². The Kier molecular flexibility index (Phi) is 5.11. The first kappa shape index (κ1) is 16.9. The Balaban J connectivity index is 2.90. The number of anilines is 1. The third kappa shape index (κ3) is 4.15. The van der Waals surface area contributed by atoms with Gasteiger partial charge in [-0.2, -0.15) is 0 Å². The second-order valence-electron chi connectivity index (χ2n) is 4.28. The molecule has 6 nitrogen and oxygen atoms in total. The first-order valence-electron chi connectivity index (χ1n) is 5.85. The molecule has 0 heterocycles. The maximum Gasteiger partial charge on any atom is 0.240 e. The number of hydrogen-bond donors (Lipinski definition) is 2. The lowest BCUT2D eigenvalue weighted by atomic mass is 10.2. The molecule has 1 rings (SSSR count). The van der Waals surface area contributed by atoms with Gasteiger partial charge in [-0.05, 0) is 24.6 Å². The molecular formula is C11H17FN2O4S2. The van der Waals surface area contributed by atoms with Gasteiger partial charge in [0.15, 0.2) is 9.84 Å². The van der Waals surface area contributed by atoms with Gasteiger partial charge in [-0.3, -0.25) is 0 Å². The van der Waals surface area contributed by atoms with Crippen LogP contribution in [0.3, 0.4) is 0 Å². The number of hydrogen-bond acceptors (Lipinski definition) is 5. The summed E-state index contributed by atoms with van der Waals surface area (Å²) >= 11 is 0. The van der Waals surface area contributed by atoms with Crippen LogP contribution in [0, 0.1) is 12.7 Å². The average molecular weight is 324 g/mol. The highest BCUT2D eigenvalue weighted by atomic mass is 32.2. The minimum atomic E-state index is -3.91. The van der Waals surface area contributed by atoms with Crippen molar-refractivity contribution in [2.24, 2.45) is 0 Å². The molecule has 0 saturated carbocycles. The number of sulfonamides is 1. The number of halogens is 1. The fourth-order valence-corrected chi connectivity index (χ4v) is 3.46. The van der Waals surface area contributed by atoms with E-state index in [1.54, 1.807) is 0 Å². The number of sulfone groups is 1. The monoisotopic (exact) mass is 324 g/mol. The van der Waals surface area contributed by atoms with Gasteiger partial charge in [0.25, 0.3) is 0 Å². The second kappa shape index (κ2) is 6.06. The van der Waals surface area contributed by atoms with Gasteiger partial charge in [0.2, 0.25) is 10.0 Å². The highest BCUT2D eigenvalue weighted by molar-refractivity contribution is 7.91. The normalized spacial score (nSPS) is 12.6. The Hall–Kier alpha value is -1.19. The molecule has 0 bridgehead atoms. The highest BCUT2D eigenvalue weighted by Gasteiger charge is 2.18. The molecule has 1 aromatic carbocycles. The van der Waals surface area contributed by atoms with Crippen molar-refractivity contribution in [2.45, 2.75) is 18.7 Å². The number of rotatable bonds is 6. The molecule has 1 aromatic rings. The van der Waals surface area contributed by atoms with Crippen LogP contribution in [0.4, 0.5) is 10.1 Å². The molecule has 0 aliphatic carbocycles. The Morgan fingerprint density at radius 1 is 1.25 bits per heavy atom. The summed E-state index contributed by atoms with van der Waals surface area (Å²) in [7, 11) is -7.17. The van der Waals surface area contributed by atoms with Crippen LogP contribution in [0.5, 0.6) is 0 Å². The standard InChI is InChI=1S/C11H17FN2O4S2/c1-3-19(15,16)5-4-14-20(17,18)9-6-8(2)11(12)10(13)7-9/h6-7,14H,3-5,13H2,1-2H3. The predicted octanol–water partition coefficient (Wildman–Crippen LogP) is 0.429. The highest BCUT2D eigenvalue weighted by Crippen LogP contribution is 2.20. The maximum atomic E-state index is 13.3. The third-order valence-electron chi connectivity index (χ3n) is 2.71. The lowest BCUT2D eigenvalue weighted by molar-refractivity contribution is 0.580. The second-order valence-corrected chi connectivity index (χ2v) is 8.52. The molecule has 20 heavy (non-hydrogen) atoms. The summed E-state index contributed by atoms with van der Waals surface area (Å²) in [6, 6.07) is 2.14. The summed E-state index contributed by atoms with van der Waals surface area (Å²) in [6.45, 7) is 2.63. The van der Waals surface area contributed by atoms with E-state index < -0.39 is 25.7 Å². The van der Waals surface area contributed by atoms with Crippen molar-refractivity contribution in [1.29, 1.82) is 0 Å². The Morgan fingerprint density at radius 2 is 1.85 bits per heavy atom. The van der Waals surface area contributed by atoms with Gasteiger partial charge >= 0.3 is 0 Å². The Bertz CT molecular complexity index is 676. The molecule has 0 atom stereocenters. The van der Waals surface area contributed by atoms with Gasteiger partial charge in [0, 0.05) is 12.3 Å². The summed E-state index contributed by atoms with van der Waals surface area (Å²) in [4.78, 5) is -0.192. The van der Waals surface area contributed by atoms with E-state index in [2.05, 4.69) is 4.72 Å². The molecule has 3 N–H and O–H groups in total. The Morgan fingerprint density at radius 3 is 2.35 bits per heavy atom. The summed E-state index contributed by atoms with van der Waals surface area (Å²) in [5.74, 6) is -1.02. The minimum absolute atomic E-state index is 0.0582. The first-order chi connectivity index (χ1) is 9.09. The lowest BCUT2D eigenvalue weighted by Gasteiger charge is -2.09. The zero-order valence-electron chi connectivity index (χ0n) is 11.2. The van der Waals surface area contributed by atoms with E-state index in [0.717, 1.165) is 12.1 Å². The average Bonchev–Trinajstić information content (AvgIpc) is 2.34. The molecule has 0 amide bonds. The number of aryl methyl sites for hydroxylation is 1. The van der Waals surface area contributed by atoms with Gasteiger partial charge in [-0.25, -0.2) is 25.9 Å². The number of nitrogens with one attached hydrogen (secondary N) is 1. The predicted molar refractivity (Wildman–Crippen MR) is 75.1 cm³/mol. The van der Waals surface area contributed by atoms with E-state index in [4.69, 9.17) is 5.73 Å². The van der Waals surface area contributed by atoms with E-state index >= 15 is 0 Å². The van der Waals surface area contributed by atoms with Crippen LogP contribution < -0.4 is 10.5 Å². The molecule has 0 saturated heterocycles. The zero-order chi connectivity index (χ0) is 15.6. The third-order valence-corrected chi connectivity index (χ3v) is 5.86. The largest absolute Gasteiger partial charge is 0.396 e. The van der Waals surface area contributed by atoms with Crippen LogP contribution in [-0.4, -0.2) is 34.9 Å². The molecule has 0 fully saturated rings. The van der Waals surface area contributed by atoms with E-state index in [0.29, 0.717) is 0 Å². The summed E-state index contributed by atoms with van der Waals surface area (Å²) in [5.41, 5.74) is 5.21. The van der Waals surface area contributed by atoms with Crippen molar-refractivity contribution in [1.82, 2.24) is 4.72 Å². The van der Waals surface area contributed by atoms with Crippen molar-refractivity contribution in [3.63, 3.8) is 0 Å². The number of benzene rings is 1. The van der Waals surface area contributed by atoms with Crippen molar-refractivity contribution in [3.05, 3.63) is 23.5 Å². The molecule has 0 unspecified atom stereocenters. The zero-order valence-corrected chi connectivity index (χ0v) is 12.8. The quantitative estimate of drug-likeness (QED) is 0.738. The van der Waals surface area contributed by atoms with Gasteiger partial charge in [-0.1, -0.05) is 6.92 Å². The van der Waals surface area contributed by atoms with Gasteiger partial charge in [-0.15, -0.1) is 0 Å². The molecule has 9 heteroatoms. The summed E-state index contributed by atoms with van der Waals surface area (Å²) in [6.07, 6.45) is 0. The lowest BCUT2D eigenvalue weighted by Crippen LogP contribution is -2.29. The van der Waals surface area contributed by atoms with Crippen LogP contribution >= 0.6 is 0 Å². The molecule has 0 aliphatic heterocycles. The van der Waals surface area contributed by atoms with E-state index in [1.807, 2.05) is 0 Å². The molecule has 114 valence electrons. The Labute approximate surface area is 118 Å². The molecule has 0 aliphatic rings. The smallest absolute Gasteiger partial charge is 0.240 e. The van der Waals surface area contributed by atoms with Crippen molar-refractivity contribution >= 4 is 25.5 Å². The van der Waals surface area contributed by atoms with Crippen molar-refractivity contribution in [2.75, 3.05) is 23.8 Å². The number of nitrogens with two attached hydrogens (primary N) is 1. The van der Waals surface area contributed by atoms with E-state index in [1.165, 1.54) is 13.8 Å². The van der Waals surface area contributed by atoms with Crippen LogP contribution in [0.25, 0.3) is 0 Å².